The van der Waals surface area contributed by atoms with Crippen molar-refractivity contribution >= 4 is 5.82 Å². The molecular weight excluding hydrogens is 686 g/mol. The zero-order chi connectivity index (χ0) is 36.2. The van der Waals surface area contributed by atoms with Crippen LogP contribution in [0.4, 0.5) is 32.2 Å². The normalized spacial score (nSPS) is 10.8. The van der Waals surface area contributed by atoms with Gasteiger partial charge in [0.25, 0.3) is 16.9 Å². The van der Waals surface area contributed by atoms with E-state index in [0.29, 0.717) is 11.4 Å². The minimum atomic E-state index is -1.05. The molecule has 51 heavy (non-hydrogen) atoms. The van der Waals surface area contributed by atoms with Crippen molar-refractivity contribution in [1.82, 2.24) is 44.7 Å². The van der Waals surface area contributed by atoms with E-state index in [4.69, 9.17) is 11.1 Å². The van der Waals surface area contributed by atoms with E-state index in [-0.39, 0.29) is 53.1 Å². The van der Waals surface area contributed by atoms with E-state index < -0.39 is 46.0 Å². The first kappa shape index (κ1) is 33.8. The molecule has 0 aliphatic carbocycles. The predicted molar refractivity (Wildman–Crippen MR) is 165 cm³/mol. The Kier molecular flexibility index (Phi) is 9.39. The third-order valence-electron chi connectivity index (χ3n) is 7.01. The van der Waals surface area contributed by atoms with Crippen LogP contribution >= 0.6 is 0 Å². The molecule has 2 N–H and O–H groups in total. The van der Waals surface area contributed by atoms with E-state index in [2.05, 4.69) is 40.1 Å². The van der Waals surface area contributed by atoms with E-state index >= 15 is 0 Å². The van der Waals surface area contributed by atoms with Gasteiger partial charge >= 0.3 is 0 Å². The number of benzene rings is 2. The summed E-state index contributed by atoms with van der Waals surface area (Å²) in [5, 5.41) is 12.1. The molecule has 0 unspecified atom stereocenters. The highest BCUT2D eigenvalue weighted by Gasteiger charge is 2.18. The summed E-state index contributed by atoms with van der Waals surface area (Å²) in [6.07, 6.45) is 2.85. The number of nitrogens with zero attached hydrogens (tertiary/aromatic N) is 8. The summed E-state index contributed by atoms with van der Waals surface area (Å²) in [4.78, 5) is 38.0. The summed E-state index contributed by atoms with van der Waals surface area (Å²) in [7, 11) is 0. The lowest BCUT2D eigenvalue weighted by Crippen LogP contribution is -2.12. The van der Waals surface area contributed by atoms with E-state index in [0.717, 1.165) is 53.5 Å². The summed E-state index contributed by atoms with van der Waals surface area (Å²) in [6.45, 7) is 6.84. The smallest absolute Gasteiger partial charge is 0.287 e. The third kappa shape index (κ3) is 7.49. The zero-order valence-electron chi connectivity index (χ0n) is 25.4. The molecule has 19 heteroatoms. The van der Waals surface area contributed by atoms with Crippen molar-refractivity contribution in [3.63, 3.8) is 0 Å². The van der Waals surface area contributed by atoms with Crippen molar-refractivity contribution in [2.24, 2.45) is 0 Å². The Bertz CT molecular complexity index is 2540. The number of aromatic nitrogens is 9. The maximum absolute atomic E-state index is 14.0. The second-order valence-corrected chi connectivity index (χ2v) is 10.4. The molecule has 0 aliphatic heterocycles. The SMILES string of the molecule is O=c1[nH]c(-c2cc(-c3ccon3)n(Cc3cc(F)ccc3F)n2)ncc1F.[C-]#[N+]c1cc(-c2ncc(F)c(=O)[nH]2)nn1Cc1cc(F)ccc1F. The summed E-state index contributed by atoms with van der Waals surface area (Å²) < 4.78 is 87.9. The van der Waals surface area contributed by atoms with E-state index in [1.165, 1.54) is 23.1 Å². The van der Waals surface area contributed by atoms with Crippen LogP contribution in [0.2, 0.25) is 0 Å². The topological polar surface area (TPSA) is 158 Å². The van der Waals surface area contributed by atoms with Gasteiger partial charge in [-0.05, 0) is 48.5 Å². The molecule has 7 rings (SSSR count). The molecule has 256 valence electrons. The van der Waals surface area contributed by atoms with Gasteiger partial charge in [-0.15, -0.1) is 0 Å². The van der Waals surface area contributed by atoms with Crippen LogP contribution in [0.1, 0.15) is 11.1 Å². The van der Waals surface area contributed by atoms with Gasteiger partial charge in [-0.25, -0.2) is 27.5 Å². The average Bonchev–Trinajstić information content (AvgIpc) is 3.88. The highest BCUT2D eigenvalue weighted by Crippen LogP contribution is 2.25. The number of hydrogen-bond acceptors (Lipinski definition) is 8. The Morgan fingerprint density at radius 3 is 1.71 bits per heavy atom. The van der Waals surface area contributed by atoms with Crippen LogP contribution in [0.3, 0.4) is 0 Å². The van der Waals surface area contributed by atoms with Gasteiger partial charge in [0.05, 0.1) is 24.6 Å². The fraction of sp³-hybridized carbons (Fsp3) is 0.0625. The standard InChI is InChI=1S/C17H10F3N5O2.C15H8F3N5O/c18-10-1-2-11(19)9(5-10)8-25-15(13-3-4-27-24-13)6-14(23-25)16-21-7-12(20)17(26)22-16;1-19-13-5-12(14-20-6-11(18)15(24)21-14)22-23(13)7-8-4-9(16)2-3-10(8)17/h1-7H,8H2,(H,21,22,26);2-6H,7H2,(H,20,21,24). The maximum Gasteiger partial charge on any atom is 0.287 e. The van der Waals surface area contributed by atoms with Crippen molar-refractivity contribution in [1.29, 1.82) is 0 Å². The highest BCUT2D eigenvalue weighted by molar-refractivity contribution is 5.62. The molecule has 0 amide bonds. The lowest BCUT2D eigenvalue weighted by Gasteiger charge is -2.07. The van der Waals surface area contributed by atoms with Crippen LogP contribution in [0.15, 0.2) is 87.4 Å². The Morgan fingerprint density at radius 2 is 1.20 bits per heavy atom. The molecule has 0 aliphatic rings. The molecule has 13 nitrogen and oxygen atoms in total. The molecule has 0 bridgehead atoms. The Balaban J connectivity index is 0.000000177. The van der Waals surface area contributed by atoms with Crippen LogP contribution < -0.4 is 11.1 Å². The number of rotatable bonds is 7. The van der Waals surface area contributed by atoms with Crippen molar-refractivity contribution in [2.45, 2.75) is 13.1 Å². The highest BCUT2D eigenvalue weighted by atomic mass is 19.1. The number of hydrogen-bond donors (Lipinski definition) is 2. The Hall–Kier alpha value is -7.10. The number of halogens is 6. The van der Waals surface area contributed by atoms with Crippen LogP contribution in [0, 0.1) is 41.5 Å². The molecule has 0 fully saturated rings. The fourth-order valence-electron chi connectivity index (χ4n) is 4.60. The monoisotopic (exact) mass is 704 g/mol. The largest absolute Gasteiger partial charge is 0.364 e. The molecule has 0 spiro atoms. The summed E-state index contributed by atoms with van der Waals surface area (Å²) in [5.74, 6) is -4.53. The minimum Gasteiger partial charge on any atom is -0.364 e. The first-order chi connectivity index (χ1) is 24.5. The summed E-state index contributed by atoms with van der Waals surface area (Å²) in [6, 6.07) is 10.4. The molecule has 0 radical (unpaired) electrons. The van der Waals surface area contributed by atoms with Crippen molar-refractivity contribution < 1.29 is 30.9 Å². The number of aromatic amines is 2. The molecule has 0 saturated carbocycles. The second-order valence-electron chi connectivity index (χ2n) is 10.4. The quantitative estimate of drug-likeness (QED) is 0.165. The van der Waals surface area contributed by atoms with Gasteiger partial charge in [-0.1, -0.05) is 16.8 Å². The molecule has 7 aromatic rings. The minimum absolute atomic E-state index is 0.00936. The van der Waals surface area contributed by atoms with Gasteiger partial charge in [0.2, 0.25) is 11.6 Å². The number of H-pyrrole nitrogens is 2. The molecule has 5 aromatic heterocycles. The van der Waals surface area contributed by atoms with Gasteiger partial charge in [0, 0.05) is 17.2 Å². The molecular formula is C32H18F6N10O3. The Labute approximate surface area is 280 Å². The van der Waals surface area contributed by atoms with Gasteiger partial charge < -0.3 is 19.3 Å². The van der Waals surface area contributed by atoms with E-state index in [9.17, 15) is 35.9 Å². The van der Waals surface area contributed by atoms with Crippen molar-refractivity contribution in [2.75, 3.05) is 0 Å². The summed E-state index contributed by atoms with van der Waals surface area (Å²) in [5.41, 5.74) is -0.755. The predicted octanol–water partition coefficient (Wildman–Crippen LogP) is 5.40. The lowest BCUT2D eigenvalue weighted by atomic mass is 10.2. The number of nitrogens with one attached hydrogen (secondary N) is 2. The van der Waals surface area contributed by atoms with E-state index in [1.807, 2.05) is 0 Å². The van der Waals surface area contributed by atoms with Crippen LogP contribution in [-0.4, -0.2) is 44.7 Å². The fourth-order valence-corrected chi connectivity index (χ4v) is 4.60. The maximum atomic E-state index is 14.0. The Morgan fingerprint density at radius 1 is 0.667 bits per heavy atom. The molecule has 0 atom stereocenters. The van der Waals surface area contributed by atoms with Gasteiger partial charge in [-0.2, -0.15) is 18.6 Å². The van der Waals surface area contributed by atoms with Crippen molar-refractivity contribution in [3.05, 3.63) is 151 Å². The van der Waals surface area contributed by atoms with Gasteiger partial charge in [0.1, 0.15) is 53.2 Å². The van der Waals surface area contributed by atoms with Crippen LogP contribution in [0.25, 0.3) is 39.3 Å². The first-order valence-electron chi connectivity index (χ1n) is 14.3. The molecule has 0 saturated heterocycles. The zero-order valence-corrected chi connectivity index (χ0v) is 25.4. The van der Waals surface area contributed by atoms with Crippen molar-refractivity contribution in [3.8, 4) is 34.4 Å². The molecule has 2 aromatic carbocycles. The molecule has 5 heterocycles. The van der Waals surface area contributed by atoms with Crippen LogP contribution in [-0.2, 0) is 13.1 Å². The summed E-state index contributed by atoms with van der Waals surface area (Å²) >= 11 is 0. The average molecular weight is 705 g/mol. The van der Waals surface area contributed by atoms with Crippen LogP contribution in [0.5, 0.6) is 0 Å². The third-order valence-corrected chi connectivity index (χ3v) is 7.01. The lowest BCUT2D eigenvalue weighted by molar-refractivity contribution is 0.421. The van der Waals surface area contributed by atoms with E-state index in [1.54, 1.807) is 6.07 Å². The second kappa shape index (κ2) is 14.2. The van der Waals surface area contributed by atoms with Gasteiger partial charge in [0.15, 0.2) is 11.6 Å². The first-order valence-corrected chi connectivity index (χ1v) is 14.3. The van der Waals surface area contributed by atoms with Gasteiger partial charge in [-0.3, -0.25) is 14.3 Å².